The van der Waals surface area contributed by atoms with Gasteiger partial charge >= 0.3 is 0 Å². The van der Waals surface area contributed by atoms with Crippen LogP contribution in [-0.2, 0) is 0 Å². The van der Waals surface area contributed by atoms with Crippen molar-refractivity contribution in [3.63, 3.8) is 0 Å². The van der Waals surface area contributed by atoms with Crippen molar-refractivity contribution >= 4 is 16.9 Å². The first kappa shape index (κ1) is 15.2. The molecule has 0 bridgehead atoms. The Bertz CT molecular complexity index is 313. The van der Waals surface area contributed by atoms with E-state index in [0.29, 0.717) is 5.41 Å². The van der Waals surface area contributed by atoms with Gasteiger partial charge in [-0.2, -0.15) is 0 Å². The summed E-state index contributed by atoms with van der Waals surface area (Å²) in [5.41, 5.74) is 0.461. The van der Waals surface area contributed by atoms with Gasteiger partial charge in [-0.15, -0.1) is 0 Å². The number of rotatable bonds is 5. The molecular formula is C15H29N3S. The van der Waals surface area contributed by atoms with E-state index in [-0.39, 0.29) is 0 Å². The highest BCUT2D eigenvalue weighted by atomic mass is 32.2. The number of hydrogen-bond donors (Lipinski definition) is 1. The molecule has 1 atom stereocenters. The number of likely N-dealkylation sites (tertiary alicyclic amines) is 1. The molecule has 0 aliphatic carbocycles. The quantitative estimate of drug-likeness (QED) is 0.841. The molecule has 0 radical (unpaired) electrons. The summed E-state index contributed by atoms with van der Waals surface area (Å²) in [6.45, 7) is 12.7. The number of amidine groups is 1. The van der Waals surface area contributed by atoms with Gasteiger partial charge in [0.2, 0.25) is 0 Å². The van der Waals surface area contributed by atoms with Crippen LogP contribution in [0.4, 0.5) is 0 Å². The number of hydrogen-bond acceptors (Lipinski definition) is 4. The van der Waals surface area contributed by atoms with Crippen molar-refractivity contribution in [2.24, 2.45) is 16.3 Å². The lowest BCUT2D eigenvalue weighted by Crippen LogP contribution is -2.36. The third kappa shape index (κ3) is 3.88. The van der Waals surface area contributed by atoms with Crippen LogP contribution in [0, 0.1) is 11.3 Å². The third-order valence-corrected chi connectivity index (χ3v) is 6.24. The maximum Gasteiger partial charge on any atom is 0.156 e. The largest absolute Gasteiger partial charge is 0.365 e. The van der Waals surface area contributed by atoms with Gasteiger partial charge in [0.1, 0.15) is 0 Å². The molecule has 110 valence electrons. The molecule has 4 heteroatoms. The zero-order chi connectivity index (χ0) is 13.7. The summed E-state index contributed by atoms with van der Waals surface area (Å²) in [7, 11) is 0. The van der Waals surface area contributed by atoms with Crippen LogP contribution in [0.2, 0.25) is 0 Å². The molecule has 2 aliphatic rings. The maximum atomic E-state index is 4.78. The molecule has 3 nitrogen and oxygen atoms in total. The molecule has 2 aliphatic heterocycles. The first-order chi connectivity index (χ1) is 9.21. The number of aliphatic imine (C=N–C) groups is 1. The van der Waals surface area contributed by atoms with Gasteiger partial charge in [0, 0.05) is 25.4 Å². The minimum Gasteiger partial charge on any atom is -0.365 e. The first-order valence-electron chi connectivity index (χ1n) is 7.85. The lowest BCUT2D eigenvalue weighted by atomic mass is 9.84. The molecule has 0 spiro atoms. The Morgan fingerprint density at radius 3 is 2.68 bits per heavy atom. The van der Waals surface area contributed by atoms with Gasteiger partial charge in [0.25, 0.3) is 0 Å². The van der Waals surface area contributed by atoms with Crippen LogP contribution in [0.5, 0.6) is 0 Å². The molecule has 1 unspecified atom stereocenters. The van der Waals surface area contributed by atoms with Crippen LogP contribution in [-0.4, -0.2) is 48.5 Å². The molecule has 0 amide bonds. The summed E-state index contributed by atoms with van der Waals surface area (Å²) in [6, 6.07) is 0. The summed E-state index contributed by atoms with van der Waals surface area (Å²) < 4.78 is 0. The molecule has 0 saturated carbocycles. The van der Waals surface area contributed by atoms with E-state index < -0.39 is 0 Å². The van der Waals surface area contributed by atoms with Crippen LogP contribution in [0.15, 0.2) is 4.99 Å². The van der Waals surface area contributed by atoms with Crippen molar-refractivity contribution in [1.29, 1.82) is 0 Å². The van der Waals surface area contributed by atoms with E-state index in [2.05, 4.69) is 31.0 Å². The highest BCUT2D eigenvalue weighted by Gasteiger charge is 2.30. The number of nitrogens with one attached hydrogen (secondary N) is 1. The third-order valence-electron chi connectivity index (χ3n) is 4.93. The van der Waals surface area contributed by atoms with Crippen molar-refractivity contribution in [3.8, 4) is 0 Å². The molecule has 1 fully saturated rings. The molecular weight excluding hydrogens is 254 g/mol. The van der Waals surface area contributed by atoms with Crippen LogP contribution < -0.4 is 5.32 Å². The maximum absolute atomic E-state index is 4.78. The molecule has 0 aromatic heterocycles. The molecule has 0 aromatic rings. The van der Waals surface area contributed by atoms with Gasteiger partial charge in [0.05, 0.1) is 0 Å². The van der Waals surface area contributed by atoms with E-state index in [0.717, 1.165) is 19.0 Å². The van der Waals surface area contributed by atoms with E-state index in [1.807, 2.05) is 11.8 Å². The fourth-order valence-corrected chi connectivity index (χ4v) is 4.22. The zero-order valence-electron chi connectivity index (χ0n) is 12.7. The Labute approximate surface area is 122 Å². The minimum atomic E-state index is 0.461. The summed E-state index contributed by atoms with van der Waals surface area (Å²) in [5, 5.41) is 4.77. The van der Waals surface area contributed by atoms with Crippen LogP contribution in [0.3, 0.4) is 0 Å². The second-order valence-electron chi connectivity index (χ2n) is 6.05. The lowest BCUT2D eigenvalue weighted by Gasteiger charge is -2.33. The normalized spacial score (nSPS) is 27.3. The Kier molecular flexibility index (Phi) is 5.58. The van der Waals surface area contributed by atoms with Gasteiger partial charge in [-0.25, -0.2) is 0 Å². The molecule has 19 heavy (non-hydrogen) atoms. The summed E-state index contributed by atoms with van der Waals surface area (Å²) >= 11 is 1.93. The first-order valence-corrected chi connectivity index (χ1v) is 8.83. The van der Waals surface area contributed by atoms with Gasteiger partial charge in [-0.3, -0.25) is 4.99 Å². The zero-order valence-corrected chi connectivity index (χ0v) is 13.6. The average Bonchev–Trinajstić information content (AvgIpc) is 2.94. The van der Waals surface area contributed by atoms with Crippen molar-refractivity contribution in [3.05, 3.63) is 0 Å². The van der Waals surface area contributed by atoms with Gasteiger partial charge < -0.3 is 10.2 Å². The minimum absolute atomic E-state index is 0.461. The van der Waals surface area contributed by atoms with Gasteiger partial charge in [-0.05, 0) is 43.7 Å². The predicted octanol–water partition coefficient (Wildman–Crippen LogP) is 2.83. The Hall–Kier alpha value is -0.220. The van der Waals surface area contributed by atoms with Crippen molar-refractivity contribution < 1.29 is 0 Å². The number of nitrogens with zero attached hydrogens (tertiary/aromatic N) is 2. The Balaban J connectivity index is 1.74. The fraction of sp³-hybridized carbons (Fsp3) is 0.933. The van der Waals surface area contributed by atoms with Crippen LogP contribution >= 0.6 is 11.8 Å². The van der Waals surface area contributed by atoms with Crippen molar-refractivity contribution in [1.82, 2.24) is 10.2 Å². The second-order valence-corrected chi connectivity index (χ2v) is 7.01. The summed E-state index contributed by atoms with van der Waals surface area (Å²) in [4.78, 5) is 7.32. The number of thioether (sulfide) groups is 1. The smallest absolute Gasteiger partial charge is 0.156 e. The molecule has 0 aromatic carbocycles. The average molecular weight is 283 g/mol. The van der Waals surface area contributed by atoms with Crippen molar-refractivity contribution in [2.75, 3.05) is 38.5 Å². The van der Waals surface area contributed by atoms with E-state index in [1.54, 1.807) is 0 Å². The highest BCUT2D eigenvalue weighted by molar-refractivity contribution is 8.13. The summed E-state index contributed by atoms with van der Waals surface area (Å²) in [5.74, 6) is 2.05. The van der Waals surface area contributed by atoms with E-state index in [4.69, 9.17) is 4.99 Å². The molecule has 2 heterocycles. The second kappa shape index (κ2) is 6.98. The topological polar surface area (TPSA) is 27.6 Å². The van der Waals surface area contributed by atoms with Gasteiger partial charge in [-0.1, -0.05) is 32.5 Å². The molecule has 2 rings (SSSR count). The lowest BCUT2D eigenvalue weighted by molar-refractivity contribution is 0.317. The van der Waals surface area contributed by atoms with E-state index >= 15 is 0 Å². The van der Waals surface area contributed by atoms with Crippen LogP contribution in [0.1, 0.15) is 40.0 Å². The fourth-order valence-electron chi connectivity index (χ4n) is 2.94. The summed E-state index contributed by atoms with van der Waals surface area (Å²) in [6.07, 6.45) is 3.84. The SMILES string of the molecule is CCN1CCC(CNC2=NCC(CC)(CC)CS2)C1. The molecule has 1 saturated heterocycles. The monoisotopic (exact) mass is 283 g/mol. The van der Waals surface area contributed by atoms with E-state index in [1.165, 1.54) is 49.8 Å². The van der Waals surface area contributed by atoms with Gasteiger partial charge in [0.15, 0.2) is 5.17 Å². The molecule has 1 N–H and O–H groups in total. The van der Waals surface area contributed by atoms with E-state index in [9.17, 15) is 0 Å². The Morgan fingerprint density at radius 2 is 2.16 bits per heavy atom. The Morgan fingerprint density at radius 1 is 1.37 bits per heavy atom. The van der Waals surface area contributed by atoms with Crippen molar-refractivity contribution in [2.45, 2.75) is 40.0 Å². The highest BCUT2D eigenvalue weighted by Crippen LogP contribution is 2.34. The van der Waals surface area contributed by atoms with Crippen LogP contribution in [0.25, 0.3) is 0 Å². The predicted molar refractivity (Wildman–Crippen MR) is 86.0 cm³/mol. The standard InChI is InChI=1S/C15H29N3S/c1-4-15(5-2)11-17-14(19-12-15)16-9-13-7-8-18(6-3)10-13/h13H,4-12H2,1-3H3,(H,16,17).